The summed E-state index contributed by atoms with van der Waals surface area (Å²) < 4.78 is 13.1. The molecule has 0 saturated carbocycles. The molecule has 0 aliphatic carbocycles. The quantitative estimate of drug-likeness (QED) is 0.394. The van der Waals surface area contributed by atoms with Gasteiger partial charge in [-0.05, 0) is 55.7 Å². The fourth-order valence-corrected chi connectivity index (χ4v) is 3.94. The Morgan fingerprint density at radius 2 is 1.76 bits per heavy atom. The van der Waals surface area contributed by atoms with Crippen molar-refractivity contribution in [3.8, 4) is 22.8 Å². The highest BCUT2D eigenvalue weighted by atomic mass is 16.5. The zero-order valence-corrected chi connectivity index (χ0v) is 19.1. The minimum absolute atomic E-state index is 0.269. The summed E-state index contributed by atoms with van der Waals surface area (Å²) in [6, 6.07) is 15.3. The van der Waals surface area contributed by atoms with Crippen LogP contribution in [-0.2, 0) is 4.79 Å². The first-order chi connectivity index (χ1) is 15.8. The third-order valence-corrected chi connectivity index (χ3v) is 5.51. The van der Waals surface area contributed by atoms with E-state index >= 15 is 0 Å². The number of imidazole rings is 1. The monoisotopic (exact) mass is 445 g/mol. The van der Waals surface area contributed by atoms with E-state index in [-0.39, 0.29) is 6.61 Å². The molecule has 4 aromatic rings. The summed E-state index contributed by atoms with van der Waals surface area (Å²) in [5, 5.41) is 3.56. The molecule has 5 N–H and O–H groups in total. The Hall–Kier alpha value is -4.20. The summed E-state index contributed by atoms with van der Waals surface area (Å²) in [5.74, 6) is 1.69. The van der Waals surface area contributed by atoms with Crippen molar-refractivity contribution < 1.29 is 14.3 Å². The minimum atomic E-state index is -0.574. The topological polar surface area (TPSA) is 117 Å². The first kappa shape index (κ1) is 22.0. The second-order valence-corrected chi connectivity index (χ2v) is 7.92. The molecule has 0 radical (unpaired) electrons. The number of pyridine rings is 1. The molecule has 2 aromatic carbocycles. The van der Waals surface area contributed by atoms with Crippen molar-refractivity contribution in [3.05, 3.63) is 65.2 Å². The highest BCUT2D eigenvalue weighted by Crippen LogP contribution is 2.42. The van der Waals surface area contributed by atoms with Crippen LogP contribution in [0, 0.1) is 20.8 Å². The van der Waals surface area contributed by atoms with E-state index in [1.165, 1.54) is 0 Å². The molecular formula is C25H27N5O3. The standard InChI is InChI=1S/C25H27N5O3/c1-14-7-5-8-15(2)23(14)29-25-24(28-21-10-6-9-19(26)30(21)25)22-16(3)11-17(32-4)12-18(22)33-13-20(27)31/h5-12,29H,13,26H2,1-4H3,(H2,27,31). The predicted molar refractivity (Wildman–Crippen MR) is 130 cm³/mol. The van der Waals surface area contributed by atoms with Crippen LogP contribution in [0.3, 0.4) is 0 Å². The Balaban J connectivity index is 2.00. The number of fused-ring (bicyclic) bond motifs is 1. The lowest BCUT2D eigenvalue weighted by Crippen LogP contribution is -2.20. The molecule has 0 atom stereocenters. The Labute approximate surface area is 192 Å². The lowest BCUT2D eigenvalue weighted by atomic mass is 10.0. The summed E-state index contributed by atoms with van der Waals surface area (Å²) in [4.78, 5) is 16.3. The highest BCUT2D eigenvalue weighted by Gasteiger charge is 2.23. The molecule has 0 aliphatic rings. The van der Waals surface area contributed by atoms with Crippen LogP contribution in [0.4, 0.5) is 17.3 Å². The fraction of sp³-hybridized carbons (Fsp3) is 0.200. The second-order valence-electron chi connectivity index (χ2n) is 7.92. The number of rotatable bonds is 7. The van der Waals surface area contributed by atoms with Crippen LogP contribution in [0.25, 0.3) is 16.9 Å². The van der Waals surface area contributed by atoms with E-state index in [0.717, 1.165) is 22.4 Å². The molecule has 2 aromatic heterocycles. The lowest BCUT2D eigenvalue weighted by molar-refractivity contribution is -0.119. The number of hydrogen-bond acceptors (Lipinski definition) is 6. The Kier molecular flexibility index (Phi) is 5.83. The maximum Gasteiger partial charge on any atom is 0.255 e. The van der Waals surface area contributed by atoms with Gasteiger partial charge in [0.2, 0.25) is 0 Å². The molecular weight excluding hydrogens is 418 g/mol. The number of methoxy groups -OCH3 is 1. The molecule has 1 amide bonds. The Bertz CT molecular complexity index is 1340. The lowest BCUT2D eigenvalue weighted by Gasteiger charge is -2.18. The molecule has 0 fully saturated rings. The Morgan fingerprint density at radius 3 is 2.42 bits per heavy atom. The van der Waals surface area contributed by atoms with E-state index in [1.807, 2.05) is 67.6 Å². The number of nitrogen functional groups attached to an aromatic ring is 1. The van der Waals surface area contributed by atoms with Gasteiger partial charge in [-0.3, -0.25) is 9.20 Å². The molecule has 2 heterocycles. The van der Waals surface area contributed by atoms with Gasteiger partial charge in [0.05, 0.1) is 7.11 Å². The fourth-order valence-electron chi connectivity index (χ4n) is 3.94. The number of para-hydroxylation sites is 1. The predicted octanol–water partition coefficient (Wildman–Crippen LogP) is 4.13. The van der Waals surface area contributed by atoms with Gasteiger partial charge in [-0.15, -0.1) is 0 Å². The molecule has 170 valence electrons. The van der Waals surface area contributed by atoms with Gasteiger partial charge in [-0.2, -0.15) is 0 Å². The number of carbonyl (C=O) groups is 1. The average molecular weight is 446 g/mol. The van der Waals surface area contributed by atoms with Crippen LogP contribution in [0.1, 0.15) is 16.7 Å². The van der Waals surface area contributed by atoms with Crippen molar-refractivity contribution in [1.82, 2.24) is 9.38 Å². The molecule has 0 unspecified atom stereocenters. The van der Waals surface area contributed by atoms with Gasteiger partial charge in [0, 0.05) is 17.3 Å². The van der Waals surface area contributed by atoms with Crippen molar-refractivity contribution in [2.75, 3.05) is 24.8 Å². The van der Waals surface area contributed by atoms with E-state index in [0.29, 0.717) is 40.0 Å². The zero-order chi connectivity index (χ0) is 23.7. The van der Waals surface area contributed by atoms with Crippen molar-refractivity contribution in [2.45, 2.75) is 20.8 Å². The number of anilines is 3. The number of nitrogens with zero attached hydrogens (tertiary/aromatic N) is 2. The number of carbonyl (C=O) groups excluding carboxylic acids is 1. The van der Waals surface area contributed by atoms with Gasteiger partial charge < -0.3 is 26.3 Å². The van der Waals surface area contributed by atoms with Gasteiger partial charge in [0.1, 0.15) is 34.5 Å². The van der Waals surface area contributed by atoms with Crippen LogP contribution in [0.5, 0.6) is 11.5 Å². The van der Waals surface area contributed by atoms with Gasteiger partial charge in [-0.25, -0.2) is 4.98 Å². The molecule has 0 aliphatic heterocycles. The van der Waals surface area contributed by atoms with Crippen LogP contribution < -0.4 is 26.3 Å². The van der Waals surface area contributed by atoms with Gasteiger partial charge in [0.25, 0.3) is 5.91 Å². The molecule has 8 nitrogen and oxygen atoms in total. The van der Waals surface area contributed by atoms with Crippen molar-refractivity contribution >= 4 is 28.9 Å². The number of benzene rings is 2. The summed E-state index contributed by atoms with van der Waals surface area (Å²) in [6.07, 6.45) is 0. The molecule has 0 saturated heterocycles. The summed E-state index contributed by atoms with van der Waals surface area (Å²) in [7, 11) is 1.58. The summed E-state index contributed by atoms with van der Waals surface area (Å²) >= 11 is 0. The minimum Gasteiger partial charge on any atom is -0.497 e. The maximum atomic E-state index is 11.4. The third kappa shape index (κ3) is 4.15. The summed E-state index contributed by atoms with van der Waals surface area (Å²) in [5.41, 5.74) is 17.7. The zero-order valence-electron chi connectivity index (χ0n) is 19.1. The second kappa shape index (κ2) is 8.74. The molecule has 0 spiro atoms. The largest absolute Gasteiger partial charge is 0.497 e. The van der Waals surface area contributed by atoms with Crippen LogP contribution in [0.15, 0.2) is 48.5 Å². The van der Waals surface area contributed by atoms with Gasteiger partial charge >= 0.3 is 0 Å². The number of aromatic nitrogens is 2. The number of aryl methyl sites for hydroxylation is 3. The molecule has 33 heavy (non-hydrogen) atoms. The maximum absolute atomic E-state index is 11.4. The van der Waals surface area contributed by atoms with Gasteiger partial charge in [-0.1, -0.05) is 24.3 Å². The number of nitrogens with two attached hydrogens (primary N) is 2. The van der Waals surface area contributed by atoms with Gasteiger partial charge in [0.15, 0.2) is 6.61 Å². The van der Waals surface area contributed by atoms with Crippen LogP contribution in [0.2, 0.25) is 0 Å². The van der Waals surface area contributed by atoms with Crippen LogP contribution >= 0.6 is 0 Å². The third-order valence-electron chi connectivity index (χ3n) is 5.51. The molecule has 8 heteroatoms. The van der Waals surface area contributed by atoms with Crippen molar-refractivity contribution in [1.29, 1.82) is 0 Å². The molecule has 0 bridgehead atoms. The SMILES string of the molecule is COc1cc(C)c(-c2nc3cccc(N)n3c2Nc2c(C)cccc2C)c(OCC(N)=O)c1. The number of nitrogens with one attached hydrogen (secondary N) is 1. The van der Waals surface area contributed by atoms with E-state index < -0.39 is 5.91 Å². The van der Waals surface area contributed by atoms with Crippen molar-refractivity contribution in [3.63, 3.8) is 0 Å². The first-order valence-electron chi connectivity index (χ1n) is 10.5. The van der Waals surface area contributed by atoms with E-state index in [2.05, 4.69) is 5.32 Å². The van der Waals surface area contributed by atoms with E-state index in [4.69, 9.17) is 25.9 Å². The smallest absolute Gasteiger partial charge is 0.255 e. The average Bonchev–Trinajstić information content (AvgIpc) is 3.13. The normalized spacial score (nSPS) is 10.9. The number of primary amides is 1. The van der Waals surface area contributed by atoms with Crippen LogP contribution in [-0.4, -0.2) is 29.0 Å². The summed E-state index contributed by atoms with van der Waals surface area (Å²) in [6.45, 7) is 5.75. The molecule has 4 rings (SSSR count). The number of amides is 1. The van der Waals surface area contributed by atoms with E-state index in [9.17, 15) is 4.79 Å². The Morgan fingerprint density at radius 1 is 1.06 bits per heavy atom. The number of hydrogen-bond donors (Lipinski definition) is 3. The first-order valence-corrected chi connectivity index (χ1v) is 10.5. The highest BCUT2D eigenvalue weighted by molar-refractivity contribution is 5.87. The van der Waals surface area contributed by atoms with Crippen molar-refractivity contribution in [2.24, 2.45) is 5.73 Å². The number of ether oxygens (including phenoxy) is 2. The van der Waals surface area contributed by atoms with E-state index in [1.54, 1.807) is 13.2 Å².